The molecule has 1 aromatic rings. The Labute approximate surface area is 145 Å². The second-order valence-corrected chi connectivity index (χ2v) is 7.70. The zero-order valence-electron chi connectivity index (χ0n) is 12.6. The first kappa shape index (κ1) is 20.0. The second-order valence-electron chi connectivity index (χ2n) is 4.96. The number of hydrogen-bond donors (Lipinski definition) is 1. The molecule has 20 heavy (non-hydrogen) atoms. The molecule has 0 bridgehead atoms. The number of rotatable bonds is 8. The molecular weight excluding hydrogens is 336 g/mol. The Hall–Kier alpha value is -0.0466. The number of hydrogen-bond acceptors (Lipinski definition) is 2. The van der Waals surface area contributed by atoms with Crippen molar-refractivity contribution in [2.24, 2.45) is 5.73 Å². The molecule has 0 spiro atoms. The van der Waals surface area contributed by atoms with Crippen LogP contribution in [0.2, 0.25) is 0 Å². The average Bonchev–Trinajstić information content (AvgIpc) is 2.39. The van der Waals surface area contributed by atoms with Gasteiger partial charge in [0.25, 0.3) is 0 Å². The fraction of sp³-hybridized carbons (Fsp3) is 0.562. The van der Waals surface area contributed by atoms with Gasteiger partial charge in [0.15, 0.2) is 0 Å². The van der Waals surface area contributed by atoms with Gasteiger partial charge in [-0.25, -0.2) is 0 Å². The molecule has 0 aliphatic carbocycles. The second kappa shape index (κ2) is 13.9. The standard InChI is InChI=1S/C15H23.CH3NS2.Zn/c1-2-3-4-5-6-7-9-12-15-13-10-8-11-14-15;2-1(3)4;/h8,10-11,13H,2-7,9,12H2,1H3;(H3,2,3,4);/q;;+1/p-1. The Morgan fingerprint density at radius 1 is 1.10 bits per heavy atom. The molecule has 0 unspecified atom stereocenters. The van der Waals surface area contributed by atoms with Crippen LogP contribution in [0.4, 0.5) is 0 Å². The van der Waals surface area contributed by atoms with Gasteiger partial charge in [-0.2, -0.15) is 0 Å². The molecule has 0 aromatic heterocycles. The van der Waals surface area contributed by atoms with Crippen LogP contribution in [0.5, 0.6) is 0 Å². The summed E-state index contributed by atoms with van der Waals surface area (Å²) in [6.45, 7) is 2.28. The predicted octanol–water partition coefficient (Wildman–Crippen LogP) is 3.93. The SMILES string of the molecule is CCCCCCCCCc1cccc[c]1[Zn+].NC(=S)[S-]. The third-order valence-electron chi connectivity index (χ3n) is 3.17. The molecule has 0 saturated heterocycles. The molecule has 2 N–H and O–H groups in total. The summed E-state index contributed by atoms with van der Waals surface area (Å²) < 4.78 is 1.66. The van der Waals surface area contributed by atoms with Crippen molar-refractivity contribution in [2.45, 2.75) is 58.3 Å². The van der Waals surface area contributed by atoms with E-state index in [1.54, 1.807) is 9.72 Å². The summed E-state index contributed by atoms with van der Waals surface area (Å²) in [6.07, 6.45) is 11.2. The van der Waals surface area contributed by atoms with Crippen molar-refractivity contribution in [3.63, 3.8) is 0 Å². The van der Waals surface area contributed by atoms with Crippen LogP contribution in [0.1, 0.15) is 57.4 Å². The normalized spacial score (nSPS) is 9.75. The Bertz CT molecular complexity index is 365. The summed E-state index contributed by atoms with van der Waals surface area (Å²) in [7, 11) is 0. The minimum absolute atomic E-state index is 0.0833. The fourth-order valence-corrected chi connectivity index (χ4v) is 2.98. The summed E-state index contributed by atoms with van der Waals surface area (Å²) in [5.74, 6) is 0. The smallest absolute Gasteiger partial charge is 0.0708 e. The first-order valence-corrected chi connectivity index (χ1v) is 9.74. The molecule has 0 atom stereocenters. The molecule has 0 radical (unpaired) electrons. The summed E-state index contributed by atoms with van der Waals surface area (Å²) in [5, 5.41) is 0. The first-order chi connectivity index (χ1) is 9.57. The van der Waals surface area contributed by atoms with Crippen molar-refractivity contribution in [3.8, 4) is 0 Å². The van der Waals surface area contributed by atoms with Crippen LogP contribution in [-0.2, 0) is 37.4 Å². The first-order valence-electron chi connectivity index (χ1n) is 7.44. The predicted molar refractivity (Wildman–Crippen MR) is 91.9 cm³/mol. The fourth-order valence-electron chi connectivity index (χ4n) is 2.07. The summed E-state index contributed by atoms with van der Waals surface area (Å²) >= 11 is 9.56. The molecule has 1 aromatic carbocycles. The van der Waals surface area contributed by atoms with Crippen LogP contribution in [0.25, 0.3) is 0 Å². The summed E-state index contributed by atoms with van der Waals surface area (Å²) in [5.41, 5.74) is 6.25. The van der Waals surface area contributed by atoms with Gasteiger partial charge in [-0.3, -0.25) is 0 Å². The van der Waals surface area contributed by atoms with Crippen molar-refractivity contribution in [1.29, 1.82) is 0 Å². The molecule has 1 nitrogen and oxygen atoms in total. The van der Waals surface area contributed by atoms with Crippen molar-refractivity contribution in [1.82, 2.24) is 0 Å². The molecule has 108 valence electrons. The van der Waals surface area contributed by atoms with E-state index in [0.717, 1.165) is 0 Å². The average molecular weight is 361 g/mol. The summed E-state index contributed by atoms with van der Waals surface area (Å²) in [4.78, 5) is 0. The van der Waals surface area contributed by atoms with E-state index in [1.807, 2.05) is 0 Å². The third-order valence-corrected chi connectivity index (χ3v) is 4.62. The Kier molecular flexibility index (Phi) is 13.9. The maximum absolute atomic E-state index is 4.66. The molecule has 0 aliphatic heterocycles. The van der Waals surface area contributed by atoms with Crippen LogP contribution in [0.15, 0.2) is 24.3 Å². The van der Waals surface area contributed by atoms with Crippen LogP contribution in [0.3, 0.4) is 0 Å². The largest absolute Gasteiger partial charge is 0.415 e. The molecular formula is C16H25NS2Zn. The quantitative estimate of drug-likeness (QED) is 0.329. The van der Waals surface area contributed by atoms with Crippen LogP contribution >= 0.6 is 12.2 Å². The minimum atomic E-state index is 0.0833. The third kappa shape index (κ3) is 13.0. The monoisotopic (exact) mass is 359 g/mol. The van der Waals surface area contributed by atoms with Gasteiger partial charge in [-0.1, -0.05) is 4.32 Å². The van der Waals surface area contributed by atoms with Gasteiger partial charge in [0.1, 0.15) is 0 Å². The summed E-state index contributed by atoms with van der Waals surface area (Å²) in [6, 6.07) is 8.91. The molecule has 1 rings (SSSR count). The van der Waals surface area contributed by atoms with Crippen molar-refractivity contribution in [2.75, 3.05) is 0 Å². The number of benzene rings is 1. The zero-order valence-corrected chi connectivity index (χ0v) is 17.2. The van der Waals surface area contributed by atoms with Crippen LogP contribution < -0.4 is 9.89 Å². The van der Waals surface area contributed by atoms with Gasteiger partial charge < -0.3 is 30.6 Å². The van der Waals surface area contributed by atoms with E-state index < -0.39 is 0 Å². The maximum atomic E-state index is 4.66. The van der Waals surface area contributed by atoms with E-state index in [0.29, 0.717) is 0 Å². The van der Waals surface area contributed by atoms with Gasteiger partial charge in [0.05, 0.1) is 0 Å². The molecule has 0 aliphatic rings. The molecule has 0 fully saturated rings. The molecule has 0 amide bonds. The van der Waals surface area contributed by atoms with Gasteiger partial charge in [-0.05, 0) is 0 Å². The van der Waals surface area contributed by atoms with E-state index in [-0.39, 0.29) is 4.32 Å². The van der Waals surface area contributed by atoms with E-state index in [2.05, 4.69) is 61.8 Å². The van der Waals surface area contributed by atoms with Crippen molar-refractivity contribution < 1.29 is 18.3 Å². The van der Waals surface area contributed by atoms with Gasteiger partial charge in [-0.15, -0.1) is 0 Å². The number of aryl methyl sites for hydroxylation is 1. The number of unbranched alkanes of at least 4 members (excludes halogenated alkanes) is 6. The molecule has 4 heteroatoms. The number of nitrogens with two attached hydrogens (primary N) is 1. The van der Waals surface area contributed by atoms with Gasteiger partial charge in [0, 0.05) is 0 Å². The molecule has 0 heterocycles. The Balaban J connectivity index is 0.000000796. The topological polar surface area (TPSA) is 26.0 Å². The maximum Gasteiger partial charge on any atom is -0.0708 e. The zero-order chi connectivity index (χ0) is 15.2. The van der Waals surface area contributed by atoms with Crippen LogP contribution in [-0.4, -0.2) is 4.32 Å². The van der Waals surface area contributed by atoms with E-state index in [1.165, 1.54) is 69.7 Å². The Morgan fingerprint density at radius 3 is 2.15 bits per heavy atom. The number of thiocarbonyl (C=S) groups is 1. The van der Waals surface area contributed by atoms with E-state index in [9.17, 15) is 0 Å². The van der Waals surface area contributed by atoms with Crippen molar-refractivity contribution >= 4 is 33.3 Å². The van der Waals surface area contributed by atoms with Gasteiger partial charge in [0.2, 0.25) is 0 Å². The minimum Gasteiger partial charge on any atom is -0.415 e. The van der Waals surface area contributed by atoms with Crippen molar-refractivity contribution in [3.05, 3.63) is 29.8 Å². The van der Waals surface area contributed by atoms with Crippen LogP contribution in [0, 0.1) is 0 Å². The van der Waals surface area contributed by atoms with Gasteiger partial charge >= 0.3 is 111 Å². The molecule has 0 saturated carbocycles. The van der Waals surface area contributed by atoms with E-state index >= 15 is 0 Å². The van der Waals surface area contributed by atoms with E-state index in [4.69, 9.17) is 0 Å². The Morgan fingerprint density at radius 2 is 1.60 bits per heavy atom.